The molecule has 1 fully saturated rings. The number of hydrogen-bond acceptors (Lipinski definition) is 4. The molecule has 4 aromatic carbocycles. The number of sulfonamides is 1. The van der Waals surface area contributed by atoms with Crippen LogP contribution in [0.25, 0.3) is 0 Å². The lowest BCUT2D eigenvalue weighted by Crippen LogP contribution is -2.61. The summed E-state index contributed by atoms with van der Waals surface area (Å²) in [6, 6.07) is 35.4. The summed E-state index contributed by atoms with van der Waals surface area (Å²) in [6.07, 6.45) is 0. The van der Waals surface area contributed by atoms with E-state index in [0.29, 0.717) is 0 Å². The molecule has 0 radical (unpaired) electrons. The van der Waals surface area contributed by atoms with Gasteiger partial charge in [-0.15, -0.1) is 0 Å². The molecule has 4 aromatic rings. The van der Waals surface area contributed by atoms with Crippen LogP contribution in [0.15, 0.2) is 126 Å². The maximum Gasteiger partial charge on any atom is 0.243 e. The molecule has 1 heterocycles. The molecule has 1 aliphatic heterocycles. The first kappa shape index (κ1) is 27.3. The topological polar surface area (TPSA) is 86.8 Å². The van der Waals surface area contributed by atoms with Crippen LogP contribution in [0.1, 0.15) is 22.6 Å². The summed E-state index contributed by atoms with van der Waals surface area (Å²) in [5, 5.41) is 2.89. The van der Waals surface area contributed by atoms with Gasteiger partial charge in [0.1, 0.15) is 6.04 Å². The van der Waals surface area contributed by atoms with Crippen molar-refractivity contribution in [1.29, 1.82) is 0 Å². The molecule has 0 bridgehead atoms. The summed E-state index contributed by atoms with van der Waals surface area (Å²) in [5.41, 5.74) is 2.57. The molecule has 8 heteroatoms. The van der Waals surface area contributed by atoms with Crippen LogP contribution in [-0.4, -0.2) is 55.1 Å². The molecule has 1 saturated heterocycles. The van der Waals surface area contributed by atoms with E-state index in [-0.39, 0.29) is 37.0 Å². The molecular formula is C32H31N3O4S. The Labute approximate surface area is 235 Å². The highest BCUT2D eigenvalue weighted by molar-refractivity contribution is 7.89. The Morgan fingerprint density at radius 2 is 1.23 bits per heavy atom. The van der Waals surface area contributed by atoms with Gasteiger partial charge in [0, 0.05) is 26.2 Å². The van der Waals surface area contributed by atoms with Crippen molar-refractivity contribution in [1.82, 2.24) is 14.5 Å². The molecule has 1 atom stereocenters. The van der Waals surface area contributed by atoms with Gasteiger partial charge in [-0.1, -0.05) is 109 Å². The van der Waals surface area contributed by atoms with Crippen LogP contribution in [-0.2, 0) is 26.2 Å². The minimum atomic E-state index is -3.98. The van der Waals surface area contributed by atoms with E-state index in [1.54, 1.807) is 23.1 Å². The highest BCUT2D eigenvalue weighted by atomic mass is 32.2. The summed E-state index contributed by atoms with van der Waals surface area (Å²) < 4.78 is 28.6. The Kier molecular flexibility index (Phi) is 8.38. The predicted molar refractivity (Wildman–Crippen MR) is 154 cm³/mol. The minimum Gasteiger partial charge on any atom is -0.351 e. The summed E-state index contributed by atoms with van der Waals surface area (Å²) in [6.45, 7) is 0.369. The molecule has 1 aliphatic rings. The van der Waals surface area contributed by atoms with Crippen LogP contribution in [0, 0.1) is 0 Å². The van der Waals surface area contributed by atoms with Gasteiger partial charge in [0.2, 0.25) is 21.8 Å². The lowest BCUT2D eigenvalue weighted by molar-refractivity contribution is -0.136. The van der Waals surface area contributed by atoms with E-state index in [9.17, 15) is 18.0 Å². The van der Waals surface area contributed by atoms with Crippen molar-refractivity contribution >= 4 is 21.8 Å². The quantitative estimate of drug-likeness (QED) is 0.357. The van der Waals surface area contributed by atoms with Crippen molar-refractivity contribution in [2.45, 2.75) is 23.4 Å². The molecule has 0 aliphatic carbocycles. The zero-order valence-corrected chi connectivity index (χ0v) is 22.8. The van der Waals surface area contributed by atoms with E-state index in [1.165, 1.54) is 16.4 Å². The number of carbonyl (C=O) groups excluding carboxylic acids is 2. The fourth-order valence-corrected chi connectivity index (χ4v) is 6.64. The van der Waals surface area contributed by atoms with Crippen LogP contribution < -0.4 is 5.32 Å². The Morgan fingerprint density at radius 3 is 1.77 bits per heavy atom. The van der Waals surface area contributed by atoms with Crippen molar-refractivity contribution in [3.63, 3.8) is 0 Å². The molecule has 0 aromatic heterocycles. The first-order valence-electron chi connectivity index (χ1n) is 13.2. The van der Waals surface area contributed by atoms with Gasteiger partial charge < -0.3 is 10.2 Å². The van der Waals surface area contributed by atoms with Crippen molar-refractivity contribution in [2.75, 3.05) is 19.6 Å². The van der Waals surface area contributed by atoms with E-state index >= 15 is 0 Å². The molecule has 0 spiro atoms. The van der Waals surface area contributed by atoms with E-state index in [2.05, 4.69) is 5.32 Å². The standard InChI is InChI=1S/C32H31N3O4S/c36-31(33-23-25-13-5-1-6-14-25)29-24-34(21-22-35(29)40(38,39)28-19-11-4-12-20-28)32(37)30(26-15-7-2-8-16-26)27-17-9-3-10-18-27/h1-20,29-30H,21-24H2,(H,33,36). The molecular weight excluding hydrogens is 522 g/mol. The van der Waals surface area contributed by atoms with Crippen LogP contribution >= 0.6 is 0 Å². The number of nitrogens with zero attached hydrogens (tertiary/aromatic N) is 2. The second kappa shape index (κ2) is 12.3. The molecule has 204 valence electrons. The van der Waals surface area contributed by atoms with Gasteiger partial charge in [0.25, 0.3) is 0 Å². The zero-order valence-electron chi connectivity index (χ0n) is 22.0. The van der Waals surface area contributed by atoms with E-state index < -0.39 is 27.9 Å². The first-order valence-corrected chi connectivity index (χ1v) is 14.7. The van der Waals surface area contributed by atoms with Gasteiger partial charge in [-0.2, -0.15) is 4.31 Å². The first-order chi connectivity index (χ1) is 19.4. The second-order valence-corrected chi connectivity index (χ2v) is 11.6. The van der Waals surface area contributed by atoms with Crippen molar-refractivity contribution in [3.05, 3.63) is 138 Å². The van der Waals surface area contributed by atoms with Crippen molar-refractivity contribution < 1.29 is 18.0 Å². The minimum absolute atomic E-state index is 0.00267. The highest BCUT2D eigenvalue weighted by Gasteiger charge is 2.42. The summed E-state index contributed by atoms with van der Waals surface area (Å²) in [7, 11) is -3.98. The highest BCUT2D eigenvalue weighted by Crippen LogP contribution is 2.29. The van der Waals surface area contributed by atoms with Gasteiger partial charge in [-0.25, -0.2) is 8.42 Å². The van der Waals surface area contributed by atoms with Gasteiger partial charge >= 0.3 is 0 Å². The zero-order chi connectivity index (χ0) is 28.0. The lowest BCUT2D eigenvalue weighted by atomic mass is 9.89. The van der Waals surface area contributed by atoms with Crippen molar-refractivity contribution in [2.24, 2.45) is 0 Å². The molecule has 5 rings (SSSR count). The molecule has 2 amide bonds. The third kappa shape index (κ3) is 5.98. The molecule has 40 heavy (non-hydrogen) atoms. The molecule has 0 saturated carbocycles. The largest absolute Gasteiger partial charge is 0.351 e. The van der Waals surface area contributed by atoms with E-state index in [4.69, 9.17) is 0 Å². The number of nitrogens with one attached hydrogen (secondary N) is 1. The Hall–Kier alpha value is -4.27. The number of rotatable bonds is 8. The number of amides is 2. The van der Waals surface area contributed by atoms with Crippen LogP contribution in [0.4, 0.5) is 0 Å². The number of carbonyl (C=O) groups is 2. The average molecular weight is 554 g/mol. The fourth-order valence-electron chi connectivity index (χ4n) is 5.05. The number of benzene rings is 4. The van der Waals surface area contributed by atoms with Crippen LogP contribution in [0.3, 0.4) is 0 Å². The monoisotopic (exact) mass is 553 g/mol. The van der Waals surface area contributed by atoms with Gasteiger partial charge in [0.15, 0.2) is 0 Å². The average Bonchev–Trinajstić information content (AvgIpc) is 3.01. The van der Waals surface area contributed by atoms with Crippen molar-refractivity contribution in [3.8, 4) is 0 Å². The normalized spacial score (nSPS) is 16.0. The van der Waals surface area contributed by atoms with Gasteiger partial charge in [-0.05, 0) is 28.8 Å². The van der Waals surface area contributed by atoms with Gasteiger partial charge in [-0.3, -0.25) is 9.59 Å². The number of hydrogen-bond donors (Lipinski definition) is 1. The summed E-state index contributed by atoms with van der Waals surface area (Å²) >= 11 is 0. The van der Waals surface area contributed by atoms with E-state index in [0.717, 1.165) is 16.7 Å². The SMILES string of the molecule is O=C(NCc1ccccc1)C1CN(C(=O)C(c2ccccc2)c2ccccc2)CCN1S(=O)(=O)c1ccccc1. The smallest absolute Gasteiger partial charge is 0.243 e. The van der Waals surface area contributed by atoms with Crippen LogP contribution in [0.2, 0.25) is 0 Å². The Morgan fingerprint density at radius 1 is 0.725 bits per heavy atom. The van der Waals surface area contributed by atoms with Crippen LogP contribution in [0.5, 0.6) is 0 Å². The number of piperazine rings is 1. The van der Waals surface area contributed by atoms with Gasteiger partial charge in [0.05, 0.1) is 10.8 Å². The Bertz CT molecular complexity index is 1490. The summed E-state index contributed by atoms with van der Waals surface area (Å²) in [5.74, 6) is -1.19. The lowest BCUT2D eigenvalue weighted by Gasteiger charge is -2.40. The third-order valence-electron chi connectivity index (χ3n) is 7.12. The molecule has 1 unspecified atom stereocenters. The second-order valence-electron chi connectivity index (χ2n) is 9.69. The maximum absolute atomic E-state index is 14.1. The Balaban J connectivity index is 1.45. The summed E-state index contributed by atoms with van der Waals surface area (Å²) in [4.78, 5) is 29.4. The maximum atomic E-state index is 14.1. The predicted octanol–water partition coefficient (Wildman–Crippen LogP) is 4.04. The fraction of sp³-hybridized carbons (Fsp3) is 0.188. The third-order valence-corrected chi connectivity index (χ3v) is 9.04. The van der Waals surface area contributed by atoms with E-state index in [1.807, 2.05) is 91.0 Å². The molecule has 1 N–H and O–H groups in total. The molecule has 7 nitrogen and oxygen atoms in total.